The van der Waals surface area contributed by atoms with E-state index in [-0.39, 0.29) is 12.2 Å². The smallest absolute Gasteiger partial charge is 0.464 e. The molecule has 144 valence electrons. The van der Waals surface area contributed by atoms with Crippen molar-refractivity contribution in [2.45, 2.75) is 25.2 Å². The van der Waals surface area contributed by atoms with Crippen LogP contribution in [0.2, 0.25) is 0 Å². The lowest BCUT2D eigenvalue weighted by Gasteiger charge is -2.30. The Morgan fingerprint density at radius 2 is 1.74 bits per heavy atom. The maximum atomic E-state index is 13.9. The quantitative estimate of drug-likeness (QED) is 0.592. The first-order valence-corrected chi connectivity index (χ1v) is 7.95. The fourth-order valence-electron chi connectivity index (χ4n) is 2.44. The lowest BCUT2D eigenvalue weighted by Crippen LogP contribution is -2.69. The molecule has 0 radical (unpaired) electrons. The maximum Gasteiger partial charge on any atom is 0.464 e. The van der Waals surface area contributed by atoms with Crippen LogP contribution >= 0.6 is 0 Å². The molecule has 1 atom stereocenters. The number of aromatic amines is 1. The summed E-state index contributed by atoms with van der Waals surface area (Å²) in [6.07, 6.45) is -5.51. The predicted octanol–water partition coefficient (Wildman–Crippen LogP) is 2.01. The van der Waals surface area contributed by atoms with Gasteiger partial charge >= 0.3 is 17.8 Å². The van der Waals surface area contributed by atoms with Crippen molar-refractivity contribution in [2.24, 2.45) is 0 Å². The van der Waals surface area contributed by atoms with Gasteiger partial charge in [-0.15, -0.1) is 0 Å². The van der Waals surface area contributed by atoms with Crippen LogP contribution in [0.5, 0.6) is 0 Å². The van der Waals surface area contributed by atoms with Crippen LogP contribution in [0.3, 0.4) is 0 Å². The number of carbonyl (C=O) groups is 2. The maximum absolute atomic E-state index is 13.9. The van der Waals surface area contributed by atoms with E-state index in [9.17, 15) is 22.8 Å². The summed E-state index contributed by atoms with van der Waals surface area (Å²) in [6.45, 7) is 1.63. The summed E-state index contributed by atoms with van der Waals surface area (Å²) in [4.78, 5) is 27.1. The van der Waals surface area contributed by atoms with E-state index in [1.165, 1.54) is 12.1 Å². The SMILES string of the molecule is COC(=O)[C@@](NC(=O)Cc1ccccc1)(Nc1cccc(C)[nH+]1)C(F)(F)F. The molecule has 0 spiro atoms. The molecule has 1 aromatic heterocycles. The van der Waals surface area contributed by atoms with Crippen LogP contribution in [0, 0.1) is 6.92 Å². The highest BCUT2D eigenvalue weighted by Crippen LogP contribution is 2.32. The third kappa shape index (κ3) is 4.75. The minimum Gasteiger partial charge on any atom is -0.464 e. The van der Waals surface area contributed by atoms with E-state index in [4.69, 9.17) is 0 Å². The van der Waals surface area contributed by atoms with Gasteiger partial charge in [-0.1, -0.05) is 36.4 Å². The van der Waals surface area contributed by atoms with Gasteiger partial charge in [0.2, 0.25) is 5.91 Å². The number of aromatic nitrogens is 1. The zero-order valence-electron chi connectivity index (χ0n) is 14.7. The number of H-pyrrole nitrogens is 1. The second-order valence-electron chi connectivity index (χ2n) is 5.82. The average molecular weight is 382 g/mol. The number of aryl methyl sites for hydroxylation is 1. The van der Waals surface area contributed by atoms with Crippen LogP contribution in [-0.2, 0) is 20.7 Å². The summed E-state index contributed by atoms with van der Waals surface area (Å²) in [7, 11) is 0.813. The highest BCUT2D eigenvalue weighted by atomic mass is 19.4. The first-order chi connectivity index (χ1) is 12.7. The number of hydrogen-bond acceptors (Lipinski definition) is 4. The van der Waals surface area contributed by atoms with E-state index in [1.807, 2.05) is 0 Å². The number of rotatable bonds is 6. The van der Waals surface area contributed by atoms with E-state index in [0.717, 1.165) is 7.11 Å². The number of benzene rings is 1. The van der Waals surface area contributed by atoms with Crippen LogP contribution in [0.4, 0.5) is 19.0 Å². The lowest BCUT2D eigenvalue weighted by molar-refractivity contribution is -0.372. The Balaban J connectivity index is 2.38. The molecule has 2 rings (SSSR count). The van der Waals surface area contributed by atoms with E-state index in [1.54, 1.807) is 48.6 Å². The number of halogens is 3. The van der Waals surface area contributed by atoms with E-state index >= 15 is 0 Å². The lowest BCUT2D eigenvalue weighted by atomic mass is 10.1. The van der Waals surface area contributed by atoms with E-state index in [2.05, 4.69) is 15.0 Å². The molecular weight excluding hydrogens is 363 g/mol. The standard InChI is InChI=1S/C18H18F3N3O3/c1-12-7-6-10-14(22-12)23-17(16(26)27-2,18(19,20)21)24-15(25)11-13-8-4-3-5-9-13/h3-10H,11H2,1-2H3,(H,22,23)(H,24,25)/p+1/t17-/m0/s1. The highest BCUT2D eigenvalue weighted by Gasteiger charge is 2.67. The van der Waals surface area contributed by atoms with E-state index in [0.29, 0.717) is 11.3 Å². The summed E-state index contributed by atoms with van der Waals surface area (Å²) in [6, 6.07) is 12.6. The van der Waals surface area contributed by atoms with Crippen LogP contribution in [0.25, 0.3) is 0 Å². The van der Waals surface area contributed by atoms with Gasteiger partial charge in [-0.25, -0.2) is 15.1 Å². The van der Waals surface area contributed by atoms with E-state index < -0.39 is 23.7 Å². The van der Waals surface area contributed by atoms with Crippen molar-refractivity contribution in [1.82, 2.24) is 5.32 Å². The molecule has 2 aromatic rings. The number of alkyl halides is 3. The van der Waals surface area contributed by atoms with Crippen LogP contribution in [0.1, 0.15) is 11.3 Å². The highest BCUT2D eigenvalue weighted by molar-refractivity contribution is 5.91. The van der Waals surface area contributed by atoms with Gasteiger partial charge in [0.15, 0.2) is 0 Å². The molecule has 1 aromatic carbocycles. The molecule has 0 unspecified atom stereocenters. The minimum absolute atomic E-state index is 0.113. The third-order valence-electron chi connectivity index (χ3n) is 3.71. The monoisotopic (exact) mass is 382 g/mol. The first kappa shape index (κ1) is 20.2. The Hall–Kier alpha value is -3.10. The summed E-state index contributed by atoms with van der Waals surface area (Å²) in [5, 5.41) is 3.82. The number of carbonyl (C=O) groups excluding carboxylic acids is 2. The van der Waals surface area contributed by atoms with Gasteiger partial charge < -0.3 is 4.74 Å². The fraction of sp³-hybridized carbons (Fsp3) is 0.278. The van der Waals surface area contributed by atoms with Crippen molar-refractivity contribution in [2.75, 3.05) is 12.4 Å². The molecule has 1 amide bonds. The molecule has 0 fully saturated rings. The number of ether oxygens (including phenoxy) is 1. The van der Waals surface area contributed by atoms with Crippen LogP contribution in [0.15, 0.2) is 48.5 Å². The van der Waals surface area contributed by atoms with Gasteiger partial charge in [0.05, 0.1) is 19.2 Å². The molecule has 0 aliphatic heterocycles. The number of amides is 1. The van der Waals surface area contributed by atoms with Crippen molar-refractivity contribution in [1.29, 1.82) is 0 Å². The summed E-state index contributed by atoms with van der Waals surface area (Å²) in [5.74, 6) is -2.80. The van der Waals surface area contributed by atoms with Gasteiger partial charge in [-0.2, -0.15) is 13.2 Å². The number of anilines is 1. The Morgan fingerprint density at radius 3 is 2.30 bits per heavy atom. The van der Waals surface area contributed by atoms with Crippen LogP contribution < -0.4 is 15.6 Å². The summed E-state index contributed by atoms with van der Waals surface area (Å²) in [5.41, 5.74) is -2.40. The third-order valence-corrected chi connectivity index (χ3v) is 3.71. The first-order valence-electron chi connectivity index (χ1n) is 7.95. The Labute approximate surface area is 153 Å². The van der Waals surface area contributed by atoms with Crippen molar-refractivity contribution in [3.63, 3.8) is 0 Å². The number of methoxy groups -OCH3 is 1. The topological polar surface area (TPSA) is 81.6 Å². The molecule has 0 aliphatic carbocycles. The Kier molecular flexibility index (Phi) is 6.04. The zero-order valence-corrected chi connectivity index (χ0v) is 14.7. The Bertz CT molecular complexity index is 812. The minimum atomic E-state index is -5.18. The molecular formula is C18H19F3N3O3+. The molecule has 0 saturated carbocycles. The van der Waals surface area contributed by atoms with Crippen molar-refractivity contribution in [3.05, 3.63) is 59.8 Å². The molecule has 1 heterocycles. The predicted molar refractivity (Wildman–Crippen MR) is 90.4 cm³/mol. The fourth-order valence-corrected chi connectivity index (χ4v) is 2.44. The van der Waals surface area contributed by atoms with Crippen LogP contribution in [-0.4, -0.2) is 30.8 Å². The van der Waals surface area contributed by atoms with Gasteiger partial charge in [-0.3, -0.25) is 10.1 Å². The summed E-state index contributed by atoms with van der Waals surface area (Å²) >= 11 is 0. The number of nitrogens with one attached hydrogen (secondary N) is 3. The summed E-state index contributed by atoms with van der Waals surface area (Å²) < 4.78 is 46.1. The largest absolute Gasteiger partial charge is 0.464 e. The normalized spacial score (nSPS) is 13.4. The average Bonchev–Trinajstić information content (AvgIpc) is 2.60. The van der Waals surface area contributed by atoms with Crippen molar-refractivity contribution < 1.29 is 32.5 Å². The van der Waals surface area contributed by atoms with Crippen molar-refractivity contribution >= 4 is 17.7 Å². The number of esters is 1. The Morgan fingerprint density at radius 1 is 1.07 bits per heavy atom. The second-order valence-corrected chi connectivity index (χ2v) is 5.82. The molecule has 0 bridgehead atoms. The molecule has 6 nitrogen and oxygen atoms in total. The molecule has 27 heavy (non-hydrogen) atoms. The van der Waals surface area contributed by atoms with Gasteiger partial charge in [-0.05, 0) is 18.6 Å². The number of hydrogen-bond donors (Lipinski definition) is 2. The van der Waals surface area contributed by atoms with Crippen molar-refractivity contribution in [3.8, 4) is 0 Å². The van der Waals surface area contributed by atoms with Gasteiger partial charge in [0.25, 0.3) is 5.82 Å². The zero-order chi connectivity index (χ0) is 20.1. The second kappa shape index (κ2) is 8.07. The molecule has 0 aliphatic rings. The number of pyridine rings is 1. The molecule has 0 saturated heterocycles. The molecule has 9 heteroatoms. The van der Waals surface area contributed by atoms with Gasteiger partial charge in [0, 0.05) is 6.07 Å². The van der Waals surface area contributed by atoms with Gasteiger partial charge in [0.1, 0.15) is 0 Å². The molecule has 3 N–H and O–H groups in total.